The standard InChI is InChI=1S/C15H20ClN3O/c16-13-9-17-19(10-11-5-4-6-11)15(20)14(13)18-12-7-2-1-3-8-12/h1-2,9,11-12,18H,3-8,10H2. The Labute approximate surface area is 123 Å². The lowest BCUT2D eigenvalue weighted by atomic mass is 9.85. The first kappa shape index (κ1) is 13.7. The molecule has 0 aromatic carbocycles. The smallest absolute Gasteiger partial charge is 0.291 e. The second-order valence-corrected chi connectivity index (χ2v) is 6.18. The summed E-state index contributed by atoms with van der Waals surface area (Å²) in [5.41, 5.74) is 0.431. The lowest BCUT2D eigenvalue weighted by Crippen LogP contribution is -2.33. The molecule has 3 rings (SSSR count). The monoisotopic (exact) mass is 293 g/mol. The molecule has 108 valence electrons. The van der Waals surface area contributed by atoms with Crippen molar-refractivity contribution in [3.63, 3.8) is 0 Å². The Morgan fingerprint density at radius 2 is 2.20 bits per heavy atom. The van der Waals surface area contributed by atoms with Gasteiger partial charge in [0.15, 0.2) is 0 Å². The maximum atomic E-state index is 12.5. The van der Waals surface area contributed by atoms with E-state index in [0.29, 0.717) is 22.7 Å². The van der Waals surface area contributed by atoms with Crippen LogP contribution in [0.4, 0.5) is 5.69 Å². The van der Waals surface area contributed by atoms with E-state index in [0.717, 1.165) is 25.8 Å². The molecule has 1 unspecified atom stereocenters. The minimum atomic E-state index is -0.0843. The summed E-state index contributed by atoms with van der Waals surface area (Å²) in [5.74, 6) is 0.604. The summed E-state index contributed by atoms with van der Waals surface area (Å²) < 4.78 is 1.57. The molecule has 1 atom stereocenters. The van der Waals surface area contributed by atoms with Crippen LogP contribution >= 0.6 is 11.6 Å². The normalized spacial score (nSPS) is 22.6. The molecule has 4 nitrogen and oxygen atoms in total. The molecule has 1 saturated carbocycles. The van der Waals surface area contributed by atoms with E-state index in [-0.39, 0.29) is 5.56 Å². The number of halogens is 1. The Bertz CT molecular complexity index is 563. The van der Waals surface area contributed by atoms with E-state index in [2.05, 4.69) is 22.6 Å². The van der Waals surface area contributed by atoms with Gasteiger partial charge in [-0.3, -0.25) is 4.79 Å². The van der Waals surface area contributed by atoms with Crippen molar-refractivity contribution in [2.75, 3.05) is 5.32 Å². The van der Waals surface area contributed by atoms with Crippen LogP contribution in [0, 0.1) is 5.92 Å². The van der Waals surface area contributed by atoms with E-state index in [1.807, 2.05) is 0 Å². The highest BCUT2D eigenvalue weighted by molar-refractivity contribution is 6.33. The van der Waals surface area contributed by atoms with Crippen LogP contribution in [0.5, 0.6) is 0 Å². The molecular formula is C15H20ClN3O. The molecule has 0 bridgehead atoms. The second kappa shape index (κ2) is 6.00. The van der Waals surface area contributed by atoms with Gasteiger partial charge in [0.05, 0.1) is 11.2 Å². The van der Waals surface area contributed by atoms with Crippen LogP contribution < -0.4 is 10.9 Å². The number of nitrogens with zero attached hydrogens (tertiary/aromatic N) is 2. The van der Waals surface area contributed by atoms with Crippen molar-refractivity contribution in [3.05, 3.63) is 33.7 Å². The molecule has 1 fully saturated rings. The minimum absolute atomic E-state index is 0.0843. The topological polar surface area (TPSA) is 46.9 Å². The molecule has 1 heterocycles. The molecule has 1 aromatic rings. The van der Waals surface area contributed by atoms with Crippen molar-refractivity contribution in [3.8, 4) is 0 Å². The molecule has 0 saturated heterocycles. The Kier molecular flexibility index (Phi) is 4.10. The summed E-state index contributed by atoms with van der Waals surface area (Å²) in [4.78, 5) is 12.5. The lowest BCUT2D eigenvalue weighted by molar-refractivity contribution is 0.262. The molecule has 0 amide bonds. The van der Waals surface area contributed by atoms with E-state index in [1.165, 1.54) is 19.3 Å². The predicted octanol–water partition coefficient (Wildman–Crippen LogP) is 3.22. The molecule has 1 N–H and O–H groups in total. The van der Waals surface area contributed by atoms with Crippen LogP contribution in [-0.2, 0) is 6.54 Å². The maximum absolute atomic E-state index is 12.5. The summed E-state index contributed by atoms with van der Waals surface area (Å²) in [6.07, 6.45) is 12.6. The molecule has 0 radical (unpaired) electrons. The fourth-order valence-corrected chi connectivity index (χ4v) is 2.96. The van der Waals surface area contributed by atoms with Gasteiger partial charge in [-0.05, 0) is 38.0 Å². The van der Waals surface area contributed by atoms with Crippen LogP contribution in [0.15, 0.2) is 23.1 Å². The first-order valence-electron chi connectivity index (χ1n) is 7.41. The lowest BCUT2D eigenvalue weighted by Gasteiger charge is -2.26. The molecule has 2 aliphatic rings. The quantitative estimate of drug-likeness (QED) is 0.867. The Morgan fingerprint density at radius 3 is 2.85 bits per heavy atom. The van der Waals surface area contributed by atoms with Crippen LogP contribution in [0.1, 0.15) is 38.5 Å². The van der Waals surface area contributed by atoms with E-state index < -0.39 is 0 Å². The van der Waals surface area contributed by atoms with Crippen molar-refractivity contribution in [1.29, 1.82) is 0 Å². The summed E-state index contributed by atoms with van der Waals surface area (Å²) in [6, 6.07) is 0.296. The number of aromatic nitrogens is 2. The zero-order chi connectivity index (χ0) is 13.9. The number of hydrogen-bond donors (Lipinski definition) is 1. The fourth-order valence-electron chi connectivity index (χ4n) is 2.78. The van der Waals surface area contributed by atoms with Crippen molar-refractivity contribution in [2.24, 2.45) is 5.92 Å². The summed E-state index contributed by atoms with van der Waals surface area (Å²) in [7, 11) is 0. The van der Waals surface area contributed by atoms with Crippen LogP contribution in [0.3, 0.4) is 0 Å². The largest absolute Gasteiger partial charge is 0.376 e. The van der Waals surface area contributed by atoms with Gasteiger partial charge < -0.3 is 5.32 Å². The van der Waals surface area contributed by atoms with Crippen molar-refractivity contribution >= 4 is 17.3 Å². The summed E-state index contributed by atoms with van der Waals surface area (Å²) in [6.45, 7) is 0.718. The number of allylic oxidation sites excluding steroid dienone is 1. The number of nitrogens with one attached hydrogen (secondary N) is 1. The van der Waals surface area contributed by atoms with Gasteiger partial charge in [-0.25, -0.2) is 4.68 Å². The maximum Gasteiger partial charge on any atom is 0.291 e. The van der Waals surface area contributed by atoms with Crippen molar-refractivity contribution < 1.29 is 0 Å². The third-order valence-corrected chi connectivity index (χ3v) is 4.56. The highest BCUT2D eigenvalue weighted by Crippen LogP contribution is 2.27. The second-order valence-electron chi connectivity index (χ2n) is 5.78. The zero-order valence-corrected chi connectivity index (χ0v) is 12.3. The third kappa shape index (κ3) is 2.90. The van der Waals surface area contributed by atoms with Gasteiger partial charge in [0, 0.05) is 12.6 Å². The fraction of sp³-hybridized carbons (Fsp3) is 0.600. The molecule has 1 aromatic heterocycles. The van der Waals surface area contributed by atoms with Crippen molar-refractivity contribution in [2.45, 2.75) is 51.1 Å². The predicted molar refractivity (Wildman–Crippen MR) is 81.2 cm³/mol. The average Bonchev–Trinajstić information content (AvgIpc) is 2.42. The number of hydrogen-bond acceptors (Lipinski definition) is 3. The van der Waals surface area contributed by atoms with Crippen LogP contribution in [-0.4, -0.2) is 15.8 Å². The first-order chi connectivity index (χ1) is 9.74. The summed E-state index contributed by atoms with van der Waals surface area (Å²) in [5, 5.41) is 7.91. The SMILES string of the molecule is O=c1c(NC2CC=CCC2)c(Cl)cnn1CC1CCC1. The summed E-state index contributed by atoms with van der Waals surface area (Å²) >= 11 is 6.15. The van der Waals surface area contributed by atoms with Gasteiger partial charge in [0.1, 0.15) is 5.69 Å². The third-order valence-electron chi connectivity index (χ3n) is 4.27. The van der Waals surface area contributed by atoms with Gasteiger partial charge in [-0.15, -0.1) is 0 Å². The Hall–Kier alpha value is -1.29. The molecular weight excluding hydrogens is 274 g/mol. The van der Waals surface area contributed by atoms with Crippen molar-refractivity contribution in [1.82, 2.24) is 9.78 Å². The number of rotatable bonds is 4. The van der Waals surface area contributed by atoms with Gasteiger partial charge in [0.25, 0.3) is 5.56 Å². The molecule has 0 aliphatic heterocycles. The molecule has 20 heavy (non-hydrogen) atoms. The highest BCUT2D eigenvalue weighted by atomic mass is 35.5. The molecule has 2 aliphatic carbocycles. The first-order valence-corrected chi connectivity index (χ1v) is 7.79. The van der Waals surface area contributed by atoms with Gasteiger partial charge in [0.2, 0.25) is 0 Å². The number of anilines is 1. The minimum Gasteiger partial charge on any atom is -0.376 e. The van der Waals surface area contributed by atoms with Crippen LogP contribution in [0.2, 0.25) is 5.02 Å². The Balaban J connectivity index is 1.79. The highest BCUT2D eigenvalue weighted by Gasteiger charge is 2.21. The van der Waals surface area contributed by atoms with E-state index >= 15 is 0 Å². The Morgan fingerprint density at radius 1 is 1.35 bits per heavy atom. The molecule has 5 heteroatoms. The average molecular weight is 294 g/mol. The zero-order valence-electron chi connectivity index (χ0n) is 11.5. The van der Waals surface area contributed by atoms with Gasteiger partial charge in [-0.2, -0.15) is 5.10 Å². The molecule has 0 spiro atoms. The van der Waals surface area contributed by atoms with E-state index in [9.17, 15) is 4.79 Å². The van der Waals surface area contributed by atoms with Gasteiger partial charge in [-0.1, -0.05) is 30.2 Å². The van der Waals surface area contributed by atoms with E-state index in [1.54, 1.807) is 10.9 Å². The van der Waals surface area contributed by atoms with E-state index in [4.69, 9.17) is 11.6 Å². The van der Waals surface area contributed by atoms with Crippen LogP contribution in [0.25, 0.3) is 0 Å². The van der Waals surface area contributed by atoms with Gasteiger partial charge >= 0.3 is 0 Å².